The Labute approximate surface area is 97.3 Å². The first-order valence-electron chi connectivity index (χ1n) is 5.91. The molecule has 92 valence electrons. The molecule has 2 rings (SSSR count). The van der Waals surface area contributed by atoms with E-state index in [1.807, 2.05) is 7.85 Å². The molecule has 2 aliphatic carbocycles. The minimum absolute atomic E-state index is 0.0520. The number of rotatable bonds is 3. The highest BCUT2D eigenvalue weighted by atomic mass is 31.1. The molecule has 0 amide bonds. The lowest BCUT2D eigenvalue weighted by Gasteiger charge is -2.33. The van der Waals surface area contributed by atoms with E-state index in [0.29, 0.717) is 12.6 Å². The molecule has 3 unspecified atom stereocenters. The monoisotopic (exact) mass is 246 g/mol. The van der Waals surface area contributed by atoms with Gasteiger partial charge in [-0.1, -0.05) is 6.92 Å². The zero-order chi connectivity index (χ0) is 12.3. The minimum atomic E-state index is -2.08. The summed E-state index contributed by atoms with van der Waals surface area (Å²) in [5.41, 5.74) is -1.87. The van der Waals surface area contributed by atoms with Crippen LogP contribution in [0.25, 0.3) is 0 Å². The highest BCUT2D eigenvalue weighted by Crippen LogP contribution is 2.74. The fourth-order valence-corrected chi connectivity index (χ4v) is 4.91. The molecule has 2 fully saturated rings. The molecular weight excluding hydrogens is 226 g/mol. The van der Waals surface area contributed by atoms with Gasteiger partial charge in [0.15, 0.2) is 0 Å². The van der Waals surface area contributed by atoms with E-state index < -0.39 is 30.8 Å². The van der Waals surface area contributed by atoms with E-state index >= 15 is 0 Å². The average Bonchev–Trinajstić information content (AvgIpc) is 2.97. The lowest BCUT2D eigenvalue weighted by atomic mass is 9.72. The van der Waals surface area contributed by atoms with Gasteiger partial charge in [-0.3, -0.25) is 0 Å². The van der Waals surface area contributed by atoms with Crippen LogP contribution in [0.2, 0.25) is 5.82 Å². The molecule has 0 aromatic carbocycles. The van der Waals surface area contributed by atoms with Crippen LogP contribution in [-0.2, 0) is 4.57 Å². The van der Waals surface area contributed by atoms with E-state index in [1.165, 1.54) is 0 Å². The predicted octanol–water partition coefficient (Wildman–Crippen LogP) is -0.562. The van der Waals surface area contributed by atoms with Crippen molar-refractivity contribution >= 4 is 15.6 Å². The van der Waals surface area contributed by atoms with Crippen molar-refractivity contribution in [3.8, 4) is 0 Å². The molecule has 3 N–H and O–H groups in total. The van der Waals surface area contributed by atoms with Crippen LogP contribution < -0.4 is 0 Å². The SMILES string of the molecule is B[C@@H]1C2C[C@@]2(C(O)[PH](=O)CC)[C@@H](O)[C@@]1(C)O. The minimum Gasteiger partial charge on any atom is -0.389 e. The Hall–Kier alpha value is 0.175. The molecule has 16 heavy (non-hydrogen) atoms. The van der Waals surface area contributed by atoms with Gasteiger partial charge >= 0.3 is 0 Å². The van der Waals surface area contributed by atoms with Crippen LogP contribution in [0, 0.1) is 11.3 Å². The molecular formula is C10H20BO4P. The molecule has 2 aliphatic rings. The molecule has 4 nitrogen and oxygen atoms in total. The van der Waals surface area contributed by atoms with Gasteiger partial charge in [0.1, 0.15) is 21.5 Å². The molecule has 6 heteroatoms. The Bertz CT molecular complexity index is 335. The second kappa shape index (κ2) is 3.58. The largest absolute Gasteiger partial charge is 0.389 e. The zero-order valence-electron chi connectivity index (χ0n) is 9.97. The number of hydrogen-bond acceptors (Lipinski definition) is 4. The summed E-state index contributed by atoms with van der Waals surface area (Å²) in [4.78, 5) is 0. The summed E-state index contributed by atoms with van der Waals surface area (Å²) in [6, 6.07) is 0. The molecule has 0 bridgehead atoms. The third kappa shape index (κ3) is 1.32. The first-order chi connectivity index (χ1) is 7.30. The van der Waals surface area contributed by atoms with Crippen molar-refractivity contribution in [3.05, 3.63) is 0 Å². The van der Waals surface area contributed by atoms with Crippen molar-refractivity contribution in [2.75, 3.05) is 6.16 Å². The quantitative estimate of drug-likeness (QED) is 0.460. The summed E-state index contributed by atoms with van der Waals surface area (Å²) in [6.07, 6.45) is 0.169. The maximum absolute atomic E-state index is 11.7. The lowest BCUT2D eigenvalue weighted by molar-refractivity contribution is -0.0866. The Morgan fingerprint density at radius 2 is 2.19 bits per heavy atom. The molecule has 0 aliphatic heterocycles. The summed E-state index contributed by atoms with van der Waals surface area (Å²) in [5, 5.41) is 30.4. The van der Waals surface area contributed by atoms with Gasteiger partial charge in [0.05, 0.1) is 11.7 Å². The van der Waals surface area contributed by atoms with Gasteiger partial charge in [0.25, 0.3) is 0 Å². The van der Waals surface area contributed by atoms with Crippen molar-refractivity contribution in [2.45, 2.75) is 43.6 Å². The van der Waals surface area contributed by atoms with Crippen LogP contribution in [0.4, 0.5) is 0 Å². The van der Waals surface area contributed by atoms with E-state index in [2.05, 4.69) is 0 Å². The van der Waals surface area contributed by atoms with E-state index in [0.717, 1.165) is 0 Å². The summed E-state index contributed by atoms with van der Waals surface area (Å²) in [7, 11) is -0.189. The van der Waals surface area contributed by atoms with E-state index in [4.69, 9.17) is 0 Å². The van der Waals surface area contributed by atoms with Gasteiger partial charge in [-0.05, 0) is 31.2 Å². The van der Waals surface area contributed by atoms with Crippen LogP contribution in [0.3, 0.4) is 0 Å². The Kier molecular flexibility index (Phi) is 2.83. The lowest BCUT2D eigenvalue weighted by Crippen LogP contribution is -2.46. The van der Waals surface area contributed by atoms with Gasteiger partial charge in [0.2, 0.25) is 0 Å². The van der Waals surface area contributed by atoms with Crippen LogP contribution in [-0.4, -0.2) is 46.9 Å². The molecule has 0 heterocycles. The summed E-state index contributed by atoms with van der Waals surface area (Å²) in [6.45, 7) is 3.38. The topological polar surface area (TPSA) is 77.8 Å². The smallest absolute Gasteiger partial charge is 0.113 e. The van der Waals surface area contributed by atoms with Crippen molar-refractivity contribution < 1.29 is 19.9 Å². The molecule has 7 atom stereocenters. The maximum atomic E-state index is 11.7. The van der Waals surface area contributed by atoms with Gasteiger partial charge in [0, 0.05) is 5.41 Å². The Balaban J connectivity index is 2.28. The predicted molar refractivity (Wildman–Crippen MR) is 65.0 cm³/mol. The van der Waals surface area contributed by atoms with E-state index in [9.17, 15) is 19.9 Å². The number of hydrogen-bond donors (Lipinski definition) is 3. The van der Waals surface area contributed by atoms with Gasteiger partial charge < -0.3 is 19.9 Å². The van der Waals surface area contributed by atoms with Crippen molar-refractivity contribution in [1.82, 2.24) is 0 Å². The summed E-state index contributed by atoms with van der Waals surface area (Å²) >= 11 is 0. The number of aliphatic hydroxyl groups excluding tert-OH is 2. The fraction of sp³-hybridized carbons (Fsp3) is 1.00. The second-order valence-electron chi connectivity index (χ2n) is 5.56. The average molecular weight is 246 g/mol. The first-order valence-corrected chi connectivity index (χ1v) is 7.60. The third-order valence-corrected chi connectivity index (χ3v) is 6.70. The Morgan fingerprint density at radius 3 is 2.56 bits per heavy atom. The second-order valence-corrected chi connectivity index (χ2v) is 7.75. The maximum Gasteiger partial charge on any atom is 0.113 e. The molecule has 0 saturated heterocycles. The molecule has 0 aromatic rings. The first kappa shape index (κ1) is 12.6. The van der Waals surface area contributed by atoms with Gasteiger partial charge in [-0.25, -0.2) is 0 Å². The molecule has 2 saturated carbocycles. The van der Waals surface area contributed by atoms with Crippen LogP contribution in [0.15, 0.2) is 0 Å². The van der Waals surface area contributed by atoms with E-state index in [1.54, 1.807) is 13.8 Å². The van der Waals surface area contributed by atoms with Crippen LogP contribution in [0.1, 0.15) is 20.3 Å². The third-order valence-electron chi connectivity index (χ3n) is 4.85. The standard InChI is InChI=1S/C10H20BO4P/c1-3-16(15)8(13)10-4-5(10)6(11)9(2,14)7(10)12/h5-8,12-14,16H,3-4,11H2,1-2H3/t5?,6-,7+,8?,9+,10+/m1/s1. The fourth-order valence-electron chi connectivity index (χ4n) is 3.44. The Morgan fingerprint density at radius 1 is 1.62 bits per heavy atom. The summed E-state index contributed by atoms with van der Waals surface area (Å²) < 4.78 is 11.7. The van der Waals surface area contributed by atoms with Crippen LogP contribution in [0.5, 0.6) is 0 Å². The normalized spacial score (nSPS) is 54.4. The van der Waals surface area contributed by atoms with Gasteiger partial charge in [-0.15, -0.1) is 0 Å². The summed E-state index contributed by atoms with van der Waals surface area (Å²) in [5.74, 6) is -0.893. The van der Waals surface area contributed by atoms with Gasteiger partial charge in [-0.2, -0.15) is 0 Å². The zero-order valence-corrected chi connectivity index (χ0v) is 11.0. The highest BCUT2D eigenvalue weighted by Gasteiger charge is 2.76. The number of fused-ring (bicyclic) bond motifs is 1. The number of aliphatic hydroxyl groups is 3. The highest BCUT2D eigenvalue weighted by molar-refractivity contribution is 7.45. The van der Waals surface area contributed by atoms with E-state index in [-0.39, 0.29) is 11.7 Å². The molecule has 0 spiro atoms. The molecule has 0 radical (unpaired) electrons. The molecule has 0 aromatic heterocycles. The van der Waals surface area contributed by atoms with Crippen molar-refractivity contribution in [3.63, 3.8) is 0 Å². The van der Waals surface area contributed by atoms with Crippen LogP contribution >= 0.6 is 7.80 Å². The van der Waals surface area contributed by atoms with Crippen molar-refractivity contribution in [1.29, 1.82) is 0 Å². The van der Waals surface area contributed by atoms with Crippen molar-refractivity contribution in [2.24, 2.45) is 11.3 Å².